The summed E-state index contributed by atoms with van der Waals surface area (Å²) in [6.45, 7) is -0.333. The van der Waals surface area contributed by atoms with Crippen molar-refractivity contribution >= 4 is 0 Å². The minimum atomic E-state index is -0.754. The zero-order chi connectivity index (χ0) is 9.90. The molecule has 1 heterocycles. The number of nitrogens with zero attached hydrogens (tertiary/aromatic N) is 3. The number of aryl methyl sites for hydroxylation is 1. The highest BCUT2D eigenvalue weighted by atomic mass is 35.5. The fourth-order valence-corrected chi connectivity index (χ4v) is 1.02. The standard InChI is InChI=1S/C7H14N4O2.ClH/c1-11-3-6(9-10-11)2-7(8,4-12)5-13;/h3,12-13H,2,4-5,8H2,1H3;1H. The maximum Gasteiger partial charge on any atom is 0.147 e. The van der Waals surface area contributed by atoms with Crippen molar-refractivity contribution in [3.63, 3.8) is 0 Å². The summed E-state index contributed by atoms with van der Waals surface area (Å²) >= 11 is 0. The van der Waals surface area contributed by atoms with Gasteiger partial charge in [0.05, 0.1) is 12.1 Å². The van der Waals surface area contributed by atoms with Crippen molar-refractivity contribution < 1.29 is 28.4 Å². The Bertz CT molecular complexity index is 274. The van der Waals surface area contributed by atoms with Crippen LogP contribution < -0.4 is 18.1 Å². The van der Waals surface area contributed by atoms with Gasteiger partial charge in [-0.3, -0.25) is 4.68 Å². The van der Waals surface area contributed by atoms with E-state index in [0.29, 0.717) is 6.42 Å². The van der Waals surface area contributed by atoms with Gasteiger partial charge in [0.15, 0.2) is 0 Å². The van der Waals surface area contributed by atoms with Crippen LogP contribution in [0.3, 0.4) is 0 Å². The van der Waals surface area contributed by atoms with E-state index in [9.17, 15) is 0 Å². The first-order valence-electron chi connectivity index (χ1n) is 4.02. The summed E-state index contributed by atoms with van der Waals surface area (Å²) in [5.74, 6) is 0. The summed E-state index contributed by atoms with van der Waals surface area (Å²) in [7, 11) is 1.76. The average Bonchev–Trinajstić information content (AvgIpc) is 2.51. The monoisotopic (exact) mass is 222 g/mol. The van der Waals surface area contributed by atoms with Crippen LogP contribution in [-0.4, -0.2) is 44.0 Å². The van der Waals surface area contributed by atoms with Crippen LogP contribution in [0.4, 0.5) is 0 Å². The topological polar surface area (TPSA) is 98.8 Å². The molecular weight excluding hydrogens is 208 g/mol. The van der Waals surface area contributed by atoms with E-state index >= 15 is 0 Å². The zero-order valence-electron chi connectivity index (χ0n) is 8.02. The first kappa shape index (κ1) is 13.3. The van der Waals surface area contributed by atoms with E-state index in [0.717, 1.165) is 5.69 Å². The third-order valence-electron chi connectivity index (χ3n) is 1.88. The summed E-state index contributed by atoms with van der Waals surface area (Å²) < 4.78 is 1.57. The van der Waals surface area contributed by atoms with Crippen LogP contribution in [0.25, 0.3) is 0 Å². The molecule has 0 unspecified atom stereocenters. The van der Waals surface area contributed by atoms with Gasteiger partial charge >= 0.3 is 0 Å². The molecule has 0 bridgehead atoms. The lowest BCUT2D eigenvalue weighted by molar-refractivity contribution is -0.489. The van der Waals surface area contributed by atoms with Crippen LogP contribution in [0.1, 0.15) is 5.69 Å². The van der Waals surface area contributed by atoms with Gasteiger partial charge in [-0.1, -0.05) is 5.21 Å². The predicted molar refractivity (Wildman–Crippen MR) is 44.5 cm³/mol. The van der Waals surface area contributed by atoms with Crippen molar-refractivity contribution in [2.75, 3.05) is 13.2 Å². The van der Waals surface area contributed by atoms with E-state index in [-0.39, 0.29) is 25.6 Å². The minimum Gasteiger partial charge on any atom is -1.00 e. The minimum absolute atomic E-state index is 0. The highest BCUT2D eigenvalue weighted by Gasteiger charge is 2.29. The molecule has 82 valence electrons. The molecular formula is C7H15ClN4O2. The molecule has 1 aromatic rings. The Kier molecular flexibility index (Phi) is 5.00. The fraction of sp³-hybridized carbons (Fsp3) is 0.714. The van der Waals surface area contributed by atoms with Crippen LogP contribution in [0, 0.1) is 0 Å². The van der Waals surface area contributed by atoms with E-state index in [1.165, 1.54) is 0 Å². The molecule has 1 aromatic heterocycles. The van der Waals surface area contributed by atoms with Crippen molar-refractivity contribution in [3.05, 3.63) is 11.9 Å². The summed E-state index contributed by atoms with van der Waals surface area (Å²) in [5.41, 5.74) is 3.70. The molecule has 0 radical (unpaired) electrons. The first-order chi connectivity index (χ1) is 6.09. The van der Waals surface area contributed by atoms with Gasteiger partial charge in [-0.05, 0) is 0 Å². The van der Waals surface area contributed by atoms with Crippen LogP contribution in [0.2, 0.25) is 0 Å². The summed E-state index contributed by atoms with van der Waals surface area (Å²) in [5, 5.41) is 25.5. The number of aliphatic hydroxyl groups is 2. The Morgan fingerprint density at radius 1 is 1.50 bits per heavy atom. The number of quaternary nitrogens is 1. The fourth-order valence-electron chi connectivity index (χ4n) is 1.02. The van der Waals surface area contributed by atoms with Gasteiger partial charge in [0, 0.05) is 13.2 Å². The molecule has 5 N–H and O–H groups in total. The van der Waals surface area contributed by atoms with Crippen LogP contribution in [0.5, 0.6) is 0 Å². The number of hydrogen-bond donors (Lipinski definition) is 3. The Labute approximate surface area is 88.1 Å². The molecule has 0 saturated carbocycles. The van der Waals surface area contributed by atoms with E-state index in [1.807, 2.05) is 0 Å². The van der Waals surface area contributed by atoms with Crippen molar-refractivity contribution in [2.24, 2.45) is 7.05 Å². The third-order valence-corrected chi connectivity index (χ3v) is 1.88. The second-order valence-corrected chi connectivity index (χ2v) is 3.38. The number of rotatable bonds is 4. The molecule has 1 rings (SSSR count). The molecule has 0 aliphatic heterocycles. The van der Waals surface area contributed by atoms with E-state index < -0.39 is 5.54 Å². The van der Waals surface area contributed by atoms with Crippen LogP contribution >= 0.6 is 0 Å². The van der Waals surface area contributed by atoms with E-state index in [2.05, 4.69) is 16.0 Å². The lowest BCUT2D eigenvalue weighted by Crippen LogP contribution is -3.00. The molecule has 14 heavy (non-hydrogen) atoms. The number of halogens is 1. The molecule has 0 fully saturated rings. The Balaban J connectivity index is 0.00000169. The van der Waals surface area contributed by atoms with Gasteiger partial charge in [0.25, 0.3) is 0 Å². The van der Waals surface area contributed by atoms with E-state index in [1.54, 1.807) is 17.9 Å². The van der Waals surface area contributed by atoms with Crippen molar-refractivity contribution in [3.8, 4) is 0 Å². The highest BCUT2D eigenvalue weighted by molar-refractivity contribution is 4.98. The molecule has 7 heteroatoms. The summed E-state index contributed by atoms with van der Waals surface area (Å²) in [6, 6.07) is 0. The second kappa shape index (κ2) is 5.26. The molecule has 0 aliphatic carbocycles. The number of aromatic nitrogens is 3. The molecule has 6 nitrogen and oxygen atoms in total. The first-order valence-corrected chi connectivity index (χ1v) is 4.02. The molecule has 0 aliphatic rings. The van der Waals surface area contributed by atoms with Crippen molar-refractivity contribution in [1.82, 2.24) is 15.0 Å². The Morgan fingerprint density at radius 2 is 2.07 bits per heavy atom. The molecule has 0 saturated heterocycles. The van der Waals surface area contributed by atoms with Gasteiger partial charge in [-0.15, -0.1) is 5.10 Å². The SMILES string of the molecule is Cn1cc(CC([NH3+])(CO)CO)nn1.[Cl-]. The van der Waals surface area contributed by atoms with Crippen molar-refractivity contribution in [2.45, 2.75) is 12.0 Å². The predicted octanol–water partition coefficient (Wildman–Crippen LogP) is -5.67. The third kappa shape index (κ3) is 3.22. The Hall–Kier alpha value is -0.690. The normalized spacial score (nSPS) is 11.1. The average molecular weight is 223 g/mol. The summed E-state index contributed by atoms with van der Waals surface area (Å²) in [4.78, 5) is 0. The lowest BCUT2D eigenvalue weighted by atomic mass is 9.97. The summed E-state index contributed by atoms with van der Waals surface area (Å²) in [6.07, 6.45) is 2.17. The maximum atomic E-state index is 8.98. The lowest BCUT2D eigenvalue weighted by Gasteiger charge is -2.18. The van der Waals surface area contributed by atoms with Crippen LogP contribution in [0.15, 0.2) is 6.20 Å². The number of aliphatic hydroxyl groups excluding tert-OH is 2. The zero-order valence-corrected chi connectivity index (χ0v) is 8.78. The molecule has 0 amide bonds. The highest BCUT2D eigenvalue weighted by Crippen LogP contribution is 2.04. The smallest absolute Gasteiger partial charge is 0.147 e. The quantitative estimate of drug-likeness (QED) is 0.473. The van der Waals surface area contributed by atoms with Gasteiger partial charge in [-0.25, -0.2) is 0 Å². The van der Waals surface area contributed by atoms with Gasteiger partial charge in [0.2, 0.25) is 0 Å². The van der Waals surface area contributed by atoms with E-state index in [4.69, 9.17) is 10.2 Å². The molecule has 0 spiro atoms. The van der Waals surface area contributed by atoms with Gasteiger partial charge in [-0.2, -0.15) is 0 Å². The maximum absolute atomic E-state index is 8.98. The molecule has 0 aromatic carbocycles. The Morgan fingerprint density at radius 3 is 2.43 bits per heavy atom. The van der Waals surface area contributed by atoms with Gasteiger partial charge in [0.1, 0.15) is 18.8 Å². The van der Waals surface area contributed by atoms with Crippen molar-refractivity contribution in [1.29, 1.82) is 0 Å². The van der Waals surface area contributed by atoms with Gasteiger partial charge < -0.3 is 28.4 Å². The largest absolute Gasteiger partial charge is 1.00 e. The van der Waals surface area contributed by atoms with Crippen LogP contribution in [-0.2, 0) is 13.5 Å². The second-order valence-electron chi connectivity index (χ2n) is 3.38. The number of hydrogen-bond acceptors (Lipinski definition) is 4. The molecule has 0 atom stereocenters.